The molecule has 2 saturated heterocycles. The van der Waals surface area contributed by atoms with E-state index in [9.17, 15) is 4.79 Å². The van der Waals surface area contributed by atoms with Crippen molar-refractivity contribution in [2.24, 2.45) is 5.41 Å². The van der Waals surface area contributed by atoms with Gasteiger partial charge in [-0.3, -0.25) is 10.2 Å². The van der Waals surface area contributed by atoms with E-state index in [1.165, 1.54) is 0 Å². The third kappa shape index (κ3) is 3.68. The Hall–Kier alpha value is -0.650. The Kier molecular flexibility index (Phi) is 5.19. The molecule has 0 aliphatic carbocycles. The first-order valence-electron chi connectivity index (χ1n) is 7.61. The summed E-state index contributed by atoms with van der Waals surface area (Å²) in [6.45, 7) is 8.04. The summed E-state index contributed by atoms with van der Waals surface area (Å²) in [7, 11) is 2.13. The number of amides is 1. The minimum absolute atomic E-state index is 0.136. The van der Waals surface area contributed by atoms with Crippen LogP contribution >= 0.6 is 0 Å². The number of likely N-dealkylation sites (N-methyl/N-ethyl adjacent to an activating group) is 1. The minimum Gasteiger partial charge on any atom is -0.317 e. The predicted octanol–water partition coefficient (Wildman–Crippen LogP) is 0.435. The van der Waals surface area contributed by atoms with Crippen molar-refractivity contribution in [2.75, 3.05) is 46.3 Å². The molecule has 2 aliphatic heterocycles. The van der Waals surface area contributed by atoms with E-state index in [0.717, 1.165) is 65.0 Å². The normalized spacial score (nSPS) is 25.2. The minimum atomic E-state index is -0.136. The molecule has 110 valence electrons. The van der Waals surface area contributed by atoms with E-state index in [1.807, 2.05) is 0 Å². The maximum Gasteiger partial charge on any atom is 0.240 e. The second kappa shape index (κ2) is 6.68. The van der Waals surface area contributed by atoms with Crippen LogP contribution in [0.25, 0.3) is 0 Å². The van der Waals surface area contributed by atoms with Crippen LogP contribution < -0.4 is 10.7 Å². The third-order valence-corrected chi connectivity index (χ3v) is 4.53. The van der Waals surface area contributed by atoms with Crippen LogP contribution in [0.5, 0.6) is 0 Å². The van der Waals surface area contributed by atoms with Crippen LogP contribution in [-0.2, 0) is 4.79 Å². The van der Waals surface area contributed by atoms with E-state index in [4.69, 9.17) is 0 Å². The lowest BCUT2D eigenvalue weighted by Crippen LogP contribution is -2.57. The molecule has 0 atom stereocenters. The first-order chi connectivity index (χ1) is 9.16. The Bertz CT molecular complexity index is 288. The molecule has 2 rings (SSSR count). The van der Waals surface area contributed by atoms with Gasteiger partial charge in [-0.15, -0.1) is 0 Å². The van der Waals surface area contributed by atoms with E-state index < -0.39 is 0 Å². The molecule has 0 aromatic rings. The molecule has 0 unspecified atom stereocenters. The number of hydrogen-bond donors (Lipinski definition) is 2. The van der Waals surface area contributed by atoms with Gasteiger partial charge >= 0.3 is 0 Å². The maximum absolute atomic E-state index is 12.7. The lowest BCUT2D eigenvalue weighted by atomic mass is 9.75. The van der Waals surface area contributed by atoms with Crippen LogP contribution in [-0.4, -0.2) is 62.1 Å². The van der Waals surface area contributed by atoms with Gasteiger partial charge in [-0.25, -0.2) is 5.01 Å². The zero-order valence-corrected chi connectivity index (χ0v) is 12.4. The lowest BCUT2D eigenvalue weighted by Gasteiger charge is -2.39. The molecule has 0 bridgehead atoms. The van der Waals surface area contributed by atoms with Gasteiger partial charge in [-0.1, -0.05) is 13.3 Å². The van der Waals surface area contributed by atoms with Crippen molar-refractivity contribution < 1.29 is 4.79 Å². The number of hydrazine groups is 1. The van der Waals surface area contributed by atoms with Gasteiger partial charge in [0.15, 0.2) is 0 Å². The summed E-state index contributed by atoms with van der Waals surface area (Å²) < 4.78 is 0. The Morgan fingerprint density at radius 1 is 1.21 bits per heavy atom. The monoisotopic (exact) mass is 268 g/mol. The standard InChI is InChI=1S/C14H28N4O/c1-3-4-14(5-7-15-8-6-14)13(19)16-18-11-9-17(2)10-12-18/h15H,3-12H2,1-2H3,(H,16,19). The maximum atomic E-state index is 12.7. The van der Waals surface area contributed by atoms with Crippen molar-refractivity contribution in [3.05, 3.63) is 0 Å². The Labute approximate surface area is 116 Å². The van der Waals surface area contributed by atoms with Crippen LogP contribution in [0.1, 0.15) is 32.6 Å². The van der Waals surface area contributed by atoms with Gasteiger partial charge in [0.2, 0.25) is 5.91 Å². The zero-order chi connectivity index (χ0) is 13.7. The number of carbonyl (C=O) groups excluding carboxylic acids is 1. The van der Waals surface area contributed by atoms with Crippen molar-refractivity contribution in [1.82, 2.24) is 20.7 Å². The number of nitrogens with one attached hydrogen (secondary N) is 2. The SMILES string of the molecule is CCCC1(C(=O)NN2CCN(C)CC2)CCNCC1. The van der Waals surface area contributed by atoms with E-state index in [0.29, 0.717) is 0 Å². The van der Waals surface area contributed by atoms with E-state index in [2.05, 4.69) is 34.6 Å². The Morgan fingerprint density at radius 3 is 2.42 bits per heavy atom. The molecule has 0 saturated carbocycles. The Morgan fingerprint density at radius 2 is 1.84 bits per heavy atom. The molecule has 0 aromatic carbocycles. The smallest absolute Gasteiger partial charge is 0.240 e. The van der Waals surface area contributed by atoms with Crippen LogP contribution in [0.15, 0.2) is 0 Å². The average molecular weight is 268 g/mol. The molecule has 5 nitrogen and oxygen atoms in total. The fourth-order valence-electron chi connectivity index (χ4n) is 3.15. The van der Waals surface area contributed by atoms with Crippen LogP contribution in [0.4, 0.5) is 0 Å². The van der Waals surface area contributed by atoms with E-state index in [1.54, 1.807) is 0 Å². The second-order valence-corrected chi connectivity index (χ2v) is 6.01. The molecule has 19 heavy (non-hydrogen) atoms. The molecule has 5 heteroatoms. The van der Waals surface area contributed by atoms with Crippen LogP contribution in [0, 0.1) is 5.41 Å². The molecule has 2 fully saturated rings. The molecular weight excluding hydrogens is 240 g/mol. The highest BCUT2D eigenvalue weighted by Crippen LogP contribution is 2.34. The highest BCUT2D eigenvalue weighted by atomic mass is 16.2. The van der Waals surface area contributed by atoms with Crippen molar-refractivity contribution in [3.8, 4) is 0 Å². The number of rotatable bonds is 4. The fraction of sp³-hybridized carbons (Fsp3) is 0.929. The summed E-state index contributed by atoms with van der Waals surface area (Å²) in [5, 5.41) is 5.46. The molecule has 0 aromatic heterocycles. The molecular formula is C14H28N4O. The zero-order valence-electron chi connectivity index (χ0n) is 12.4. The van der Waals surface area contributed by atoms with Gasteiger partial charge in [0.1, 0.15) is 0 Å². The summed E-state index contributed by atoms with van der Waals surface area (Å²) in [5.74, 6) is 0.250. The third-order valence-electron chi connectivity index (χ3n) is 4.53. The summed E-state index contributed by atoms with van der Waals surface area (Å²) in [4.78, 5) is 15.0. The molecule has 2 heterocycles. The molecule has 0 radical (unpaired) electrons. The van der Waals surface area contributed by atoms with Crippen molar-refractivity contribution in [3.63, 3.8) is 0 Å². The lowest BCUT2D eigenvalue weighted by molar-refractivity contribution is -0.139. The largest absolute Gasteiger partial charge is 0.317 e. The quantitative estimate of drug-likeness (QED) is 0.776. The highest BCUT2D eigenvalue weighted by molar-refractivity contribution is 5.82. The van der Waals surface area contributed by atoms with Gasteiger partial charge in [-0.05, 0) is 39.4 Å². The van der Waals surface area contributed by atoms with Crippen molar-refractivity contribution in [2.45, 2.75) is 32.6 Å². The number of piperazine rings is 1. The van der Waals surface area contributed by atoms with Gasteiger partial charge in [-0.2, -0.15) is 0 Å². The summed E-state index contributed by atoms with van der Waals surface area (Å²) in [6.07, 6.45) is 4.03. The van der Waals surface area contributed by atoms with E-state index in [-0.39, 0.29) is 11.3 Å². The topological polar surface area (TPSA) is 47.6 Å². The summed E-state index contributed by atoms with van der Waals surface area (Å²) in [6, 6.07) is 0. The van der Waals surface area contributed by atoms with Crippen molar-refractivity contribution in [1.29, 1.82) is 0 Å². The molecule has 0 spiro atoms. The number of carbonyl (C=O) groups is 1. The van der Waals surface area contributed by atoms with Gasteiger partial charge in [0.25, 0.3) is 0 Å². The first-order valence-corrected chi connectivity index (χ1v) is 7.61. The molecule has 1 amide bonds. The number of piperidine rings is 1. The fourth-order valence-corrected chi connectivity index (χ4v) is 3.15. The van der Waals surface area contributed by atoms with Gasteiger partial charge in [0.05, 0.1) is 5.41 Å². The summed E-state index contributed by atoms with van der Waals surface area (Å²) >= 11 is 0. The van der Waals surface area contributed by atoms with Crippen LogP contribution in [0.2, 0.25) is 0 Å². The van der Waals surface area contributed by atoms with E-state index >= 15 is 0 Å². The molecule has 2 N–H and O–H groups in total. The number of hydrogen-bond acceptors (Lipinski definition) is 4. The Balaban J connectivity index is 1.92. The second-order valence-electron chi connectivity index (χ2n) is 6.01. The number of nitrogens with zero attached hydrogens (tertiary/aromatic N) is 2. The van der Waals surface area contributed by atoms with Crippen LogP contribution in [0.3, 0.4) is 0 Å². The highest BCUT2D eigenvalue weighted by Gasteiger charge is 2.39. The van der Waals surface area contributed by atoms with Crippen molar-refractivity contribution >= 4 is 5.91 Å². The van der Waals surface area contributed by atoms with Gasteiger partial charge < -0.3 is 10.2 Å². The van der Waals surface area contributed by atoms with Gasteiger partial charge in [0, 0.05) is 26.2 Å². The molecule has 2 aliphatic rings. The summed E-state index contributed by atoms with van der Waals surface area (Å²) in [5.41, 5.74) is 3.04. The predicted molar refractivity (Wildman–Crippen MR) is 76.7 cm³/mol. The average Bonchev–Trinajstić information content (AvgIpc) is 2.43. The first kappa shape index (κ1) is 14.8.